The molecule has 1 atom stereocenters. The molecule has 0 spiro atoms. The van der Waals surface area contributed by atoms with Crippen LogP contribution in [-0.4, -0.2) is 48.0 Å². The summed E-state index contributed by atoms with van der Waals surface area (Å²) in [5, 5.41) is 0. The minimum absolute atomic E-state index is 0.132. The molecule has 33 heavy (non-hydrogen) atoms. The van der Waals surface area contributed by atoms with Gasteiger partial charge in [-0.05, 0) is 43.5 Å². The number of benzene rings is 2. The van der Waals surface area contributed by atoms with Crippen LogP contribution in [0.15, 0.2) is 48.5 Å². The second-order valence-corrected chi connectivity index (χ2v) is 9.00. The van der Waals surface area contributed by atoms with Crippen LogP contribution in [0.1, 0.15) is 41.4 Å². The molecular formula is C27H30N4O2. The lowest BCUT2D eigenvalue weighted by Crippen LogP contribution is -2.33. The first-order chi connectivity index (χ1) is 16.0. The smallest absolute Gasteiger partial charge is 0.228 e. The van der Waals surface area contributed by atoms with Gasteiger partial charge >= 0.3 is 0 Å². The third kappa shape index (κ3) is 4.11. The van der Waals surface area contributed by atoms with Crippen molar-refractivity contribution < 1.29 is 9.53 Å². The van der Waals surface area contributed by atoms with Gasteiger partial charge in [-0.25, -0.2) is 9.97 Å². The summed E-state index contributed by atoms with van der Waals surface area (Å²) in [5.74, 6) is 2.97. The average Bonchev–Trinajstić information content (AvgIpc) is 3.30. The van der Waals surface area contributed by atoms with Crippen LogP contribution in [-0.2, 0) is 17.8 Å². The van der Waals surface area contributed by atoms with Gasteiger partial charge in [0.15, 0.2) is 0 Å². The molecule has 6 heteroatoms. The lowest BCUT2D eigenvalue weighted by molar-refractivity contribution is -0.118. The Morgan fingerprint density at radius 1 is 1.03 bits per heavy atom. The van der Waals surface area contributed by atoms with Crippen molar-refractivity contribution in [1.29, 1.82) is 0 Å². The highest BCUT2D eigenvalue weighted by Crippen LogP contribution is 2.35. The molecule has 0 unspecified atom stereocenters. The van der Waals surface area contributed by atoms with Gasteiger partial charge in [-0.1, -0.05) is 42.5 Å². The van der Waals surface area contributed by atoms with Crippen LogP contribution in [0.3, 0.4) is 0 Å². The van der Waals surface area contributed by atoms with Crippen molar-refractivity contribution in [1.82, 2.24) is 14.9 Å². The van der Waals surface area contributed by atoms with Gasteiger partial charge in [0.05, 0.1) is 7.11 Å². The number of carbonyl (C=O) groups excluding carboxylic acids is 1. The molecule has 0 saturated carbocycles. The number of para-hydroxylation sites is 1. The van der Waals surface area contributed by atoms with E-state index in [0.717, 1.165) is 66.7 Å². The second kappa shape index (κ2) is 8.94. The van der Waals surface area contributed by atoms with Crippen LogP contribution in [0.25, 0.3) is 11.1 Å². The predicted octanol–water partition coefficient (Wildman–Crippen LogP) is 4.36. The molecule has 1 fully saturated rings. The molecular weight excluding hydrogens is 412 g/mol. The standard InChI is InChI=1S/C27H30N4O2/c1-18-21-12-13-25(32)30(2)27(21)29-26(28-18)20-14-15-31(17-20)16-19-8-4-5-9-22(19)23-10-6-7-11-24(23)33-3/h4-11,20H,12-17H2,1-3H3/t20-/m0/s1. The third-order valence-corrected chi connectivity index (χ3v) is 6.94. The van der Waals surface area contributed by atoms with Crippen LogP contribution in [0, 0.1) is 6.92 Å². The number of aryl methyl sites for hydroxylation is 1. The number of amides is 1. The minimum Gasteiger partial charge on any atom is -0.496 e. The largest absolute Gasteiger partial charge is 0.496 e. The predicted molar refractivity (Wildman–Crippen MR) is 130 cm³/mol. The van der Waals surface area contributed by atoms with E-state index in [0.29, 0.717) is 6.42 Å². The normalized spacial score (nSPS) is 18.5. The Balaban J connectivity index is 1.37. The quantitative estimate of drug-likeness (QED) is 0.588. The van der Waals surface area contributed by atoms with E-state index >= 15 is 0 Å². The number of nitrogens with zero attached hydrogens (tertiary/aromatic N) is 4. The van der Waals surface area contributed by atoms with E-state index in [9.17, 15) is 4.79 Å². The fraction of sp³-hybridized carbons (Fsp3) is 0.370. The van der Waals surface area contributed by atoms with Crippen molar-refractivity contribution in [3.05, 3.63) is 71.2 Å². The maximum absolute atomic E-state index is 12.2. The van der Waals surface area contributed by atoms with E-state index in [1.54, 1.807) is 12.0 Å². The topological polar surface area (TPSA) is 58.6 Å². The number of methoxy groups -OCH3 is 1. The maximum Gasteiger partial charge on any atom is 0.228 e. The summed E-state index contributed by atoms with van der Waals surface area (Å²) in [7, 11) is 3.55. The van der Waals surface area contributed by atoms with E-state index in [2.05, 4.69) is 41.3 Å². The van der Waals surface area contributed by atoms with Crippen LogP contribution in [0.2, 0.25) is 0 Å². The van der Waals surface area contributed by atoms with Gasteiger partial charge in [0.2, 0.25) is 5.91 Å². The van der Waals surface area contributed by atoms with Gasteiger partial charge in [0.25, 0.3) is 0 Å². The number of fused-ring (bicyclic) bond motifs is 1. The number of hydrogen-bond acceptors (Lipinski definition) is 5. The summed E-state index contributed by atoms with van der Waals surface area (Å²) in [4.78, 5) is 26.1. The number of anilines is 1. The van der Waals surface area contributed by atoms with Gasteiger partial charge in [-0.3, -0.25) is 14.6 Å². The van der Waals surface area contributed by atoms with Crippen molar-refractivity contribution in [3.63, 3.8) is 0 Å². The highest BCUT2D eigenvalue weighted by atomic mass is 16.5. The molecule has 6 nitrogen and oxygen atoms in total. The number of carbonyl (C=O) groups is 1. The molecule has 0 radical (unpaired) electrons. The lowest BCUT2D eigenvalue weighted by Gasteiger charge is -2.26. The molecule has 0 N–H and O–H groups in total. The van der Waals surface area contributed by atoms with Crippen molar-refractivity contribution >= 4 is 11.7 Å². The molecule has 1 saturated heterocycles. The fourth-order valence-corrected chi connectivity index (χ4v) is 5.09. The Bertz CT molecular complexity index is 1190. The van der Waals surface area contributed by atoms with Gasteiger partial charge in [0.1, 0.15) is 17.4 Å². The molecule has 3 aromatic rings. The summed E-state index contributed by atoms with van der Waals surface area (Å²) in [6, 6.07) is 16.7. The SMILES string of the molecule is COc1ccccc1-c1ccccc1CN1CC[C@H](c2nc(C)c3c(n2)N(C)C(=O)CC3)C1. The highest BCUT2D eigenvalue weighted by Gasteiger charge is 2.30. The Morgan fingerprint density at radius 3 is 2.61 bits per heavy atom. The van der Waals surface area contributed by atoms with Crippen LogP contribution < -0.4 is 9.64 Å². The number of aromatic nitrogens is 2. The molecule has 2 aliphatic heterocycles. The minimum atomic E-state index is 0.132. The highest BCUT2D eigenvalue weighted by molar-refractivity contribution is 5.94. The number of rotatable bonds is 5. The first-order valence-corrected chi connectivity index (χ1v) is 11.6. The molecule has 5 rings (SSSR count). The maximum atomic E-state index is 12.2. The van der Waals surface area contributed by atoms with Crippen molar-refractivity contribution in [2.24, 2.45) is 0 Å². The first kappa shape index (κ1) is 21.6. The summed E-state index contributed by atoms with van der Waals surface area (Å²) in [5.41, 5.74) is 5.73. The molecule has 0 bridgehead atoms. The fourth-order valence-electron chi connectivity index (χ4n) is 5.09. The average molecular weight is 443 g/mol. The summed E-state index contributed by atoms with van der Waals surface area (Å²) < 4.78 is 5.61. The van der Waals surface area contributed by atoms with Gasteiger partial charge in [-0.15, -0.1) is 0 Å². The van der Waals surface area contributed by atoms with Crippen LogP contribution in [0.5, 0.6) is 5.75 Å². The molecule has 0 aliphatic carbocycles. The monoisotopic (exact) mass is 442 g/mol. The Labute approximate surface area is 195 Å². The summed E-state index contributed by atoms with van der Waals surface area (Å²) >= 11 is 0. The van der Waals surface area contributed by atoms with Gasteiger partial charge in [-0.2, -0.15) is 0 Å². The zero-order chi connectivity index (χ0) is 22.9. The zero-order valence-electron chi connectivity index (χ0n) is 19.5. The van der Waals surface area contributed by atoms with Crippen molar-refractivity contribution in [2.75, 3.05) is 32.1 Å². The van der Waals surface area contributed by atoms with E-state index < -0.39 is 0 Å². The lowest BCUT2D eigenvalue weighted by atomic mass is 9.98. The van der Waals surface area contributed by atoms with E-state index in [4.69, 9.17) is 14.7 Å². The number of ether oxygens (including phenoxy) is 1. The number of hydrogen-bond donors (Lipinski definition) is 0. The number of likely N-dealkylation sites (tertiary alicyclic amines) is 1. The van der Waals surface area contributed by atoms with E-state index in [-0.39, 0.29) is 11.8 Å². The van der Waals surface area contributed by atoms with Crippen molar-refractivity contribution in [3.8, 4) is 16.9 Å². The molecule has 2 aliphatic rings. The van der Waals surface area contributed by atoms with E-state index in [1.165, 1.54) is 11.1 Å². The molecule has 170 valence electrons. The van der Waals surface area contributed by atoms with E-state index in [1.807, 2.05) is 26.1 Å². The Morgan fingerprint density at radius 2 is 1.79 bits per heavy atom. The zero-order valence-corrected chi connectivity index (χ0v) is 19.5. The first-order valence-electron chi connectivity index (χ1n) is 11.6. The second-order valence-electron chi connectivity index (χ2n) is 9.00. The summed E-state index contributed by atoms with van der Waals surface area (Å²) in [6.07, 6.45) is 2.30. The molecule has 1 amide bonds. The van der Waals surface area contributed by atoms with Crippen LogP contribution in [0.4, 0.5) is 5.82 Å². The third-order valence-electron chi connectivity index (χ3n) is 6.94. The van der Waals surface area contributed by atoms with Gasteiger partial charge in [0, 0.05) is 49.3 Å². The molecule has 1 aromatic heterocycles. The van der Waals surface area contributed by atoms with Crippen molar-refractivity contribution in [2.45, 2.75) is 38.6 Å². The van der Waals surface area contributed by atoms with Crippen LogP contribution >= 0.6 is 0 Å². The Kier molecular flexibility index (Phi) is 5.85. The summed E-state index contributed by atoms with van der Waals surface area (Å²) in [6.45, 7) is 4.83. The molecule has 2 aromatic carbocycles. The Hall–Kier alpha value is -3.25. The molecule has 3 heterocycles. The van der Waals surface area contributed by atoms with Gasteiger partial charge < -0.3 is 4.74 Å².